The van der Waals surface area contributed by atoms with Gasteiger partial charge in [0, 0.05) is 11.6 Å². The minimum Gasteiger partial charge on any atom is -0.389 e. The molecule has 0 aliphatic rings. The third-order valence-electron chi connectivity index (χ3n) is 3.62. The van der Waals surface area contributed by atoms with Crippen molar-refractivity contribution in [3.8, 4) is 11.3 Å². The molecule has 4 heteroatoms. The lowest BCUT2D eigenvalue weighted by Crippen LogP contribution is -2.08. The van der Waals surface area contributed by atoms with Crippen LogP contribution in [0.25, 0.3) is 22.2 Å². The summed E-state index contributed by atoms with van der Waals surface area (Å²) in [6, 6.07) is 11.2. The number of benzene rings is 1. The van der Waals surface area contributed by atoms with Gasteiger partial charge in [-0.3, -0.25) is 4.79 Å². The van der Waals surface area contributed by atoms with E-state index >= 15 is 0 Å². The van der Waals surface area contributed by atoms with Crippen molar-refractivity contribution in [1.29, 1.82) is 0 Å². The third kappa shape index (κ3) is 2.45. The number of pyridine rings is 2. The fourth-order valence-corrected chi connectivity index (χ4v) is 2.44. The number of aromatic nitrogens is 2. The van der Waals surface area contributed by atoms with E-state index in [4.69, 9.17) is 0 Å². The van der Waals surface area contributed by atoms with Crippen LogP contribution in [0.5, 0.6) is 0 Å². The standard InChI is InChI=1S/C17H16N2O2/c1-10-8-15(14-4-3-7-18-17(14)21)19-16-9-12(11(2)20)5-6-13(10)16/h3-9,11,20H,1-2H3,(H,18,21). The highest BCUT2D eigenvalue weighted by Crippen LogP contribution is 2.25. The van der Waals surface area contributed by atoms with E-state index < -0.39 is 6.10 Å². The molecule has 2 N–H and O–H groups in total. The number of nitrogens with zero attached hydrogens (tertiary/aromatic N) is 1. The van der Waals surface area contributed by atoms with Crippen LogP contribution in [0.4, 0.5) is 0 Å². The van der Waals surface area contributed by atoms with Crippen LogP contribution in [-0.4, -0.2) is 15.1 Å². The van der Waals surface area contributed by atoms with Gasteiger partial charge in [-0.2, -0.15) is 0 Å². The fraction of sp³-hybridized carbons (Fsp3) is 0.176. The lowest BCUT2D eigenvalue weighted by atomic mass is 10.0. The lowest BCUT2D eigenvalue weighted by Gasteiger charge is -2.09. The first-order valence-electron chi connectivity index (χ1n) is 6.83. The van der Waals surface area contributed by atoms with Crippen molar-refractivity contribution >= 4 is 10.9 Å². The van der Waals surface area contributed by atoms with Gasteiger partial charge in [0.2, 0.25) is 0 Å². The lowest BCUT2D eigenvalue weighted by molar-refractivity contribution is 0.199. The van der Waals surface area contributed by atoms with Crippen molar-refractivity contribution in [3.05, 3.63) is 64.1 Å². The molecule has 0 fully saturated rings. The van der Waals surface area contributed by atoms with E-state index in [1.54, 1.807) is 25.3 Å². The van der Waals surface area contributed by atoms with E-state index in [0.717, 1.165) is 22.0 Å². The number of aliphatic hydroxyl groups is 1. The number of aliphatic hydroxyl groups excluding tert-OH is 1. The Hall–Kier alpha value is -2.46. The molecule has 1 aromatic carbocycles. The number of nitrogens with one attached hydrogen (secondary N) is 1. The van der Waals surface area contributed by atoms with Crippen molar-refractivity contribution in [3.63, 3.8) is 0 Å². The normalized spacial score (nSPS) is 12.5. The summed E-state index contributed by atoms with van der Waals surface area (Å²) in [5.41, 5.74) is 3.68. The quantitative estimate of drug-likeness (QED) is 0.758. The molecule has 21 heavy (non-hydrogen) atoms. The molecule has 0 aliphatic carbocycles. The maximum absolute atomic E-state index is 11.9. The molecule has 1 unspecified atom stereocenters. The molecule has 0 saturated heterocycles. The van der Waals surface area contributed by atoms with Crippen LogP contribution in [0.3, 0.4) is 0 Å². The Morgan fingerprint density at radius 3 is 2.76 bits per heavy atom. The number of fused-ring (bicyclic) bond motifs is 1. The second-order valence-electron chi connectivity index (χ2n) is 5.19. The first-order chi connectivity index (χ1) is 10.1. The highest BCUT2D eigenvalue weighted by Gasteiger charge is 2.09. The highest BCUT2D eigenvalue weighted by molar-refractivity contribution is 5.85. The minimum atomic E-state index is -0.541. The third-order valence-corrected chi connectivity index (χ3v) is 3.62. The number of H-pyrrole nitrogens is 1. The molecule has 2 aromatic heterocycles. The van der Waals surface area contributed by atoms with E-state index in [0.29, 0.717) is 11.3 Å². The van der Waals surface area contributed by atoms with E-state index in [2.05, 4.69) is 9.97 Å². The number of aromatic amines is 1. The van der Waals surface area contributed by atoms with Gasteiger partial charge < -0.3 is 10.1 Å². The Morgan fingerprint density at radius 1 is 1.24 bits per heavy atom. The van der Waals surface area contributed by atoms with Crippen LogP contribution < -0.4 is 5.56 Å². The van der Waals surface area contributed by atoms with Gasteiger partial charge in [0.05, 0.1) is 22.9 Å². The highest BCUT2D eigenvalue weighted by atomic mass is 16.3. The van der Waals surface area contributed by atoms with Gasteiger partial charge in [-0.25, -0.2) is 4.98 Å². The van der Waals surface area contributed by atoms with Crippen LogP contribution in [0.2, 0.25) is 0 Å². The smallest absolute Gasteiger partial charge is 0.257 e. The van der Waals surface area contributed by atoms with Crippen LogP contribution in [-0.2, 0) is 0 Å². The van der Waals surface area contributed by atoms with Crippen LogP contribution >= 0.6 is 0 Å². The zero-order chi connectivity index (χ0) is 15.0. The molecular formula is C17H16N2O2. The van der Waals surface area contributed by atoms with Gasteiger partial charge in [-0.15, -0.1) is 0 Å². The molecule has 0 aliphatic heterocycles. The fourth-order valence-electron chi connectivity index (χ4n) is 2.44. The van der Waals surface area contributed by atoms with Gasteiger partial charge in [0.25, 0.3) is 5.56 Å². The first kappa shape index (κ1) is 13.5. The Morgan fingerprint density at radius 2 is 2.05 bits per heavy atom. The molecule has 3 aromatic rings. The van der Waals surface area contributed by atoms with Crippen molar-refractivity contribution in [2.45, 2.75) is 20.0 Å². The van der Waals surface area contributed by atoms with Gasteiger partial charge >= 0.3 is 0 Å². The second-order valence-corrected chi connectivity index (χ2v) is 5.19. The van der Waals surface area contributed by atoms with E-state index in [1.165, 1.54) is 0 Å². The average molecular weight is 280 g/mol. The predicted molar refractivity (Wildman–Crippen MR) is 83.2 cm³/mol. The molecule has 3 rings (SSSR count). The predicted octanol–water partition coefficient (Wildman–Crippen LogP) is 2.95. The summed E-state index contributed by atoms with van der Waals surface area (Å²) >= 11 is 0. The molecule has 0 bridgehead atoms. The summed E-state index contributed by atoms with van der Waals surface area (Å²) in [7, 11) is 0. The van der Waals surface area contributed by atoms with Gasteiger partial charge in [-0.05, 0) is 49.2 Å². The van der Waals surface area contributed by atoms with Crippen molar-refractivity contribution in [1.82, 2.24) is 9.97 Å². The summed E-state index contributed by atoms with van der Waals surface area (Å²) in [4.78, 5) is 19.1. The van der Waals surface area contributed by atoms with Crippen molar-refractivity contribution in [2.75, 3.05) is 0 Å². The zero-order valence-corrected chi connectivity index (χ0v) is 11.9. The van der Waals surface area contributed by atoms with Crippen LogP contribution in [0.15, 0.2) is 47.4 Å². The van der Waals surface area contributed by atoms with Gasteiger partial charge in [0.15, 0.2) is 0 Å². The summed E-state index contributed by atoms with van der Waals surface area (Å²) in [5.74, 6) is 0. The Kier molecular flexibility index (Phi) is 3.31. The summed E-state index contributed by atoms with van der Waals surface area (Å²) in [6.45, 7) is 3.71. The Labute approximate surface area is 122 Å². The van der Waals surface area contributed by atoms with Crippen LogP contribution in [0.1, 0.15) is 24.2 Å². The molecule has 0 spiro atoms. The number of rotatable bonds is 2. The molecule has 0 radical (unpaired) electrons. The summed E-state index contributed by atoms with van der Waals surface area (Å²) in [6.07, 6.45) is 1.06. The minimum absolute atomic E-state index is 0.157. The van der Waals surface area contributed by atoms with Crippen molar-refractivity contribution < 1.29 is 5.11 Å². The Balaban J connectivity index is 2.26. The van der Waals surface area contributed by atoms with E-state index in [-0.39, 0.29) is 5.56 Å². The number of hydrogen-bond acceptors (Lipinski definition) is 3. The molecular weight excluding hydrogens is 264 g/mol. The molecule has 2 heterocycles. The van der Waals surface area contributed by atoms with Gasteiger partial charge in [-0.1, -0.05) is 12.1 Å². The maximum Gasteiger partial charge on any atom is 0.257 e. The molecule has 1 atom stereocenters. The Bertz CT molecular complexity index is 866. The molecule has 4 nitrogen and oxygen atoms in total. The summed E-state index contributed by atoms with van der Waals surface area (Å²) < 4.78 is 0. The van der Waals surface area contributed by atoms with E-state index in [1.807, 2.05) is 31.2 Å². The average Bonchev–Trinajstić information content (AvgIpc) is 2.47. The van der Waals surface area contributed by atoms with E-state index in [9.17, 15) is 9.90 Å². The SMILES string of the molecule is Cc1cc(-c2ccc[nH]c2=O)nc2cc(C(C)O)ccc12. The molecule has 0 saturated carbocycles. The summed E-state index contributed by atoms with van der Waals surface area (Å²) in [5, 5.41) is 10.7. The maximum atomic E-state index is 11.9. The number of hydrogen-bond donors (Lipinski definition) is 2. The molecule has 0 amide bonds. The second kappa shape index (κ2) is 5.14. The number of aryl methyl sites for hydroxylation is 1. The topological polar surface area (TPSA) is 66.0 Å². The largest absolute Gasteiger partial charge is 0.389 e. The molecule has 106 valence electrons. The van der Waals surface area contributed by atoms with Crippen LogP contribution in [0, 0.1) is 6.92 Å². The first-order valence-corrected chi connectivity index (χ1v) is 6.83. The zero-order valence-electron chi connectivity index (χ0n) is 11.9. The van der Waals surface area contributed by atoms with Crippen molar-refractivity contribution in [2.24, 2.45) is 0 Å². The monoisotopic (exact) mass is 280 g/mol. The van der Waals surface area contributed by atoms with Gasteiger partial charge in [0.1, 0.15) is 0 Å².